The highest BCUT2D eigenvalue weighted by atomic mass is 19.4. The lowest BCUT2D eigenvalue weighted by molar-refractivity contribution is -0.137. The van der Waals surface area contributed by atoms with Gasteiger partial charge in [0.15, 0.2) is 0 Å². The highest BCUT2D eigenvalue weighted by molar-refractivity contribution is 5.94. The summed E-state index contributed by atoms with van der Waals surface area (Å²) in [6, 6.07) is 4.69. The molecule has 0 spiro atoms. The Morgan fingerprint density at radius 2 is 2.00 bits per heavy atom. The van der Waals surface area contributed by atoms with Crippen molar-refractivity contribution in [3.63, 3.8) is 0 Å². The maximum Gasteiger partial charge on any atom is 0.416 e. The molecule has 7 heteroatoms. The first kappa shape index (κ1) is 14.1. The molecule has 1 unspecified atom stereocenters. The van der Waals surface area contributed by atoms with Crippen LogP contribution in [-0.2, 0) is 11.0 Å². The summed E-state index contributed by atoms with van der Waals surface area (Å²) in [4.78, 5) is 12.6. The van der Waals surface area contributed by atoms with Gasteiger partial charge in [-0.2, -0.15) is 13.2 Å². The molecule has 1 aromatic rings. The van der Waals surface area contributed by atoms with Crippen molar-refractivity contribution in [2.24, 2.45) is 11.5 Å². The summed E-state index contributed by atoms with van der Waals surface area (Å²) in [5.41, 5.74) is 10.6. The molecule has 2 rings (SSSR count). The Balaban J connectivity index is 2.36. The highest BCUT2D eigenvalue weighted by Crippen LogP contribution is 2.32. The Morgan fingerprint density at radius 3 is 2.60 bits per heavy atom. The van der Waals surface area contributed by atoms with E-state index in [1.807, 2.05) is 0 Å². The number of rotatable bonds is 2. The van der Waals surface area contributed by atoms with E-state index in [0.29, 0.717) is 0 Å². The van der Waals surface area contributed by atoms with Crippen LogP contribution in [0.5, 0.6) is 0 Å². The van der Waals surface area contributed by atoms with Gasteiger partial charge in [0.25, 0.3) is 0 Å². The van der Waals surface area contributed by atoms with Gasteiger partial charge in [0.05, 0.1) is 11.1 Å². The van der Waals surface area contributed by atoms with Crippen LogP contribution in [0.2, 0.25) is 0 Å². The summed E-state index contributed by atoms with van der Waals surface area (Å²) in [6.45, 7) is 0. The van der Waals surface area contributed by atoms with Crippen molar-refractivity contribution in [3.8, 4) is 0 Å². The van der Waals surface area contributed by atoms with Crippen LogP contribution in [0.3, 0.4) is 0 Å². The molecular weight excluding hydrogens is 271 g/mol. The van der Waals surface area contributed by atoms with Crippen molar-refractivity contribution < 1.29 is 18.0 Å². The minimum Gasteiger partial charge on any atom is -0.366 e. The molecule has 1 aliphatic rings. The van der Waals surface area contributed by atoms with Gasteiger partial charge in [0.2, 0.25) is 5.91 Å². The number of nitrogens with two attached hydrogens (primary N) is 2. The van der Waals surface area contributed by atoms with E-state index in [4.69, 9.17) is 11.5 Å². The molecule has 4 N–H and O–H groups in total. The first-order chi connectivity index (χ1) is 9.30. The Kier molecular flexibility index (Phi) is 3.54. The summed E-state index contributed by atoms with van der Waals surface area (Å²) < 4.78 is 38.1. The third kappa shape index (κ3) is 2.67. The van der Waals surface area contributed by atoms with Gasteiger partial charge >= 0.3 is 6.18 Å². The van der Waals surface area contributed by atoms with Crippen LogP contribution < -0.4 is 16.4 Å². The second-order valence-corrected chi connectivity index (χ2v) is 4.23. The fraction of sp³-hybridized carbons (Fsp3) is 0.154. The first-order valence-electron chi connectivity index (χ1n) is 5.70. The molecule has 0 saturated heterocycles. The Labute approximate surface area is 113 Å². The van der Waals surface area contributed by atoms with Crippen LogP contribution >= 0.6 is 0 Å². The summed E-state index contributed by atoms with van der Waals surface area (Å²) in [7, 11) is 0. The molecule has 1 aliphatic heterocycles. The molecule has 20 heavy (non-hydrogen) atoms. The zero-order valence-electron chi connectivity index (χ0n) is 10.3. The number of carbonyl (C=O) groups excluding carboxylic acids is 1. The fourth-order valence-electron chi connectivity index (χ4n) is 1.90. The third-order valence-corrected chi connectivity index (χ3v) is 2.90. The Morgan fingerprint density at radius 1 is 1.30 bits per heavy atom. The molecule has 0 aromatic heterocycles. The highest BCUT2D eigenvalue weighted by Gasteiger charge is 2.31. The summed E-state index contributed by atoms with van der Waals surface area (Å²) in [6.07, 6.45) is -0.920. The summed E-state index contributed by atoms with van der Waals surface area (Å²) in [5.74, 6) is -0.709. The zero-order valence-corrected chi connectivity index (χ0v) is 10.3. The van der Waals surface area contributed by atoms with Gasteiger partial charge in [-0.1, -0.05) is 6.07 Å². The lowest BCUT2D eigenvalue weighted by Crippen LogP contribution is -2.45. The molecule has 0 bridgehead atoms. The number of nitrogens with zero attached hydrogens (tertiary/aromatic N) is 1. The van der Waals surface area contributed by atoms with E-state index in [9.17, 15) is 18.0 Å². The van der Waals surface area contributed by atoms with Gasteiger partial charge < -0.3 is 16.4 Å². The third-order valence-electron chi connectivity index (χ3n) is 2.90. The number of anilines is 1. The van der Waals surface area contributed by atoms with E-state index in [0.717, 1.165) is 12.1 Å². The molecule has 0 fully saturated rings. The average Bonchev–Trinajstić information content (AvgIpc) is 2.38. The van der Waals surface area contributed by atoms with Crippen LogP contribution in [0, 0.1) is 0 Å². The van der Waals surface area contributed by atoms with E-state index < -0.39 is 23.8 Å². The second-order valence-electron chi connectivity index (χ2n) is 4.23. The van der Waals surface area contributed by atoms with Gasteiger partial charge in [0, 0.05) is 11.9 Å². The average molecular weight is 283 g/mol. The quantitative estimate of drug-likeness (QED) is 0.868. The van der Waals surface area contributed by atoms with Crippen LogP contribution in [0.15, 0.2) is 48.2 Å². The molecule has 4 nitrogen and oxygen atoms in total. The van der Waals surface area contributed by atoms with Crippen LogP contribution in [0.25, 0.3) is 0 Å². The SMILES string of the molecule is NC(=O)C1=CC=CN(c2cccc(C(F)(F)F)c2)C1N. The van der Waals surface area contributed by atoms with E-state index in [-0.39, 0.29) is 11.3 Å². The monoisotopic (exact) mass is 283 g/mol. The minimum absolute atomic E-state index is 0.130. The van der Waals surface area contributed by atoms with Crippen molar-refractivity contribution in [2.45, 2.75) is 12.3 Å². The van der Waals surface area contributed by atoms with Gasteiger partial charge in [-0.3, -0.25) is 4.79 Å². The minimum atomic E-state index is -4.44. The van der Waals surface area contributed by atoms with Crippen molar-refractivity contribution in [2.75, 3.05) is 4.90 Å². The van der Waals surface area contributed by atoms with E-state index >= 15 is 0 Å². The topological polar surface area (TPSA) is 72.4 Å². The number of halogens is 3. The second kappa shape index (κ2) is 5.01. The van der Waals surface area contributed by atoms with E-state index in [1.165, 1.54) is 35.4 Å². The summed E-state index contributed by atoms with van der Waals surface area (Å²) in [5, 5.41) is 0. The number of primary amides is 1. The lowest BCUT2D eigenvalue weighted by Gasteiger charge is -2.31. The molecule has 1 aromatic carbocycles. The standard InChI is InChI=1S/C13H12F3N3O/c14-13(15,16)8-3-1-4-9(7-8)19-6-2-5-10(11(19)17)12(18)20/h1-7,11H,17H2,(H2,18,20). The van der Waals surface area contributed by atoms with Crippen LogP contribution in [0.4, 0.5) is 18.9 Å². The molecule has 1 atom stereocenters. The molecule has 0 aliphatic carbocycles. The maximum absolute atomic E-state index is 12.7. The Bertz CT molecular complexity index is 593. The van der Waals surface area contributed by atoms with E-state index in [1.54, 1.807) is 0 Å². The predicted molar refractivity (Wildman–Crippen MR) is 68.3 cm³/mol. The summed E-state index contributed by atoms with van der Waals surface area (Å²) >= 11 is 0. The number of amides is 1. The number of allylic oxidation sites excluding steroid dienone is 2. The van der Waals surface area contributed by atoms with Gasteiger partial charge in [-0.25, -0.2) is 0 Å². The molecule has 1 heterocycles. The van der Waals surface area contributed by atoms with Crippen molar-refractivity contribution in [3.05, 3.63) is 53.8 Å². The van der Waals surface area contributed by atoms with E-state index in [2.05, 4.69) is 0 Å². The normalized spacial score (nSPS) is 18.9. The van der Waals surface area contributed by atoms with Crippen LogP contribution in [0.1, 0.15) is 5.56 Å². The van der Waals surface area contributed by atoms with Gasteiger partial charge in [-0.15, -0.1) is 0 Å². The van der Waals surface area contributed by atoms with Gasteiger partial charge in [0.1, 0.15) is 6.17 Å². The number of hydrogen-bond donors (Lipinski definition) is 2. The molecule has 0 radical (unpaired) electrons. The van der Waals surface area contributed by atoms with Crippen molar-refractivity contribution in [1.82, 2.24) is 0 Å². The van der Waals surface area contributed by atoms with Crippen molar-refractivity contribution >= 4 is 11.6 Å². The maximum atomic E-state index is 12.7. The number of hydrogen-bond acceptors (Lipinski definition) is 3. The van der Waals surface area contributed by atoms with Crippen molar-refractivity contribution in [1.29, 1.82) is 0 Å². The molecule has 0 saturated carbocycles. The Hall–Kier alpha value is -2.28. The smallest absolute Gasteiger partial charge is 0.366 e. The first-order valence-corrected chi connectivity index (χ1v) is 5.70. The number of alkyl halides is 3. The largest absolute Gasteiger partial charge is 0.416 e. The fourth-order valence-corrected chi connectivity index (χ4v) is 1.90. The molecular formula is C13H12F3N3O. The zero-order chi connectivity index (χ0) is 14.9. The molecule has 106 valence electrons. The molecule has 1 amide bonds. The number of benzene rings is 1. The van der Waals surface area contributed by atoms with Crippen LogP contribution in [-0.4, -0.2) is 12.1 Å². The number of carbonyl (C=O) groups is 1. The van der Waals surface area contributed by atoms with Gasteiger partial charge in [-0.05, 0) is 30.4 Å². The lowest BCUT2D eigenvalue weighted by atomic mass is 10.1. The predicted octanol–water partition coefficient (Wildman–Crippen LogP) is 1.74.